The lowest BCUT2D eigenvalue weighted by atomic mass is 10.3. The molecule has 0 saturated heterocycles. The summed E-state index contributed by atoms with van der Waals surface area (Å²) in [5.41, 5.74) is 1.28. The molecule has 0 aliphatic heterocycles. The van der Waals surface area contributed by atoms with Crippen molar-refractivity contribution in [1.29, 1.82) is 0 Å². The molecule has 0 aliphatic carbocycles. The highest BCUT2D eigenvalue weighted by Crippen LogP contribution is 1.82. The largest absolute Gasteiger partial charge is 0.297 e. The summed E-state index contributed by atoms with van der Waals surface area (Å²) in [6.07, 6.45) is 3.76. The molecule has 0 aromatic heterocycles. The van der Waals surface area contributed by atoms with Gasteiger partial charge in [0, 0.05) is 13.3 Å². The highest BCUT2D eigenvalue weighted by Gasteiger charge is 1.66. The molecule has 9 heavy (non-hydrogen) atoms. The first-order valence-electron chi connectivity index (χ1n) is 2.83. The Bertz CT molecular complexity index is 97.1. The first kappa shape index (κ1) is 11.0. The zero-order valence-electron chi connectivity index (χ0n) is 6.52. The van der Waals surface area contributed by atoms with Gasteiger partial charge in [0.05, 0.1) is 0 Å². The van der Waals surface area contributed by atoms with Crippen molar-refractivity contribution in [3.63, 3.8) is 0 Å². The van der Waals surface area contributed by atoms with Crippen molar-refractivity contribution in [2.24, 2.45) is 4.99 Å². The van der Waals surface area contributed by atoms with Gasteiger partial charge in [0.2, 0.25) is 0 Å². The van der Waals surface area contributed by atoms with Crippen LogP contribution in [-0.2, 0) is 0 Å². The summed E-state index contributed by atoms with van der Waals surface area (Å²) in [7, 11) is 1.76. The van der Waals surface area contributed by atoms with Gasteiger partial charge in [0.15, 0.2) is 0 Å². The molecule has 0 aromatic rings. The van der Waals surface area contributed by atoms with Crippen molar-refractivity contribution in [3.8, 4) is 0 Å². The van der Waals surface area contributed by atoms with Crippen LogP contribution in [0.3, 0.4) is 0 Å². The molecule has 1 nitrogen and oxygen atoms in total. The summed E-state index contributed by atoms with van der Waals surface area (Å²) in [6.45, 7) is 10.1. The van der Waals surface area contributed by atoms with E-state index in [-0.39, 0.29) is 0 Å². The molecule has 0 fully saturated rings. The molecular formula is C8H15N. The minimum atomic E-state index is 1.28. The van der Waals surface area contributed by atoms with Crippen LogP contribution in [0.4, 0.5) is 0 Å². The molecule has 0 saturated carbocycles. The molecule has 0 aliphatic rings. The Hall–Kier alpha value is -0.850. The van der Waals surface area contributed by atoms with Crippen LogP contribution in [-0.4, -0.2) is 13.3 Å². The average Bonchev–Trinajstić information content (AvgIpc) is 1.88. The lowest BCUT2D eigenvalue weighted by molar-refractivity contribution is 1.40. The number of rotatable bonds is 1. The van der Waals surface area contributed by atoms with E-state index in [1.807, 2.05) is 19.9 Å². The van der Waals surface area contributed by atoms with Gasteiger partial charge in [-0.3, -0.25) is 4.99 Å². The summed E-state index contributed by atoms with van der Waals surface area (Å²) in [4.78, 5) is 3.77. The molecule has 0 heterocycles. The molecule has 52 valence electrons. The minimum absolute atomic E-state index is 1.28. The van der Waals surface area contributed by atoms with Gasteiger partial charge in [-0.2, -0.15) is 0 Å². The van der Waals surface area contributed by atoms with Crippen molar-refractivity contribution in [2.75, 3.05) is 7.05 Å². The van der Waals surface area contributed by atoms with Crippen LogP contribution in [0.15, 0.2) is 29.8 Å². The molecule has 0 amide bonds. The Morgan fingerprint density at radius 2 is 1.78 bits per heavy atom. The second-order valence-electron chi connectivity index (χ2n) is 1.65. The van der Waals surface area contributed by atoms with E-state index in [0.717, 1.165) is 0 Å². The van der Waals surface area contributed by atoms with Crippen LogP contribution in [0, 0.1) is 0 Å². The van der Waals surface area contributed by atoms with Gasteiger partial charge in [-0.05, 0) is 19.9 Å². The Balaban J connectivity index is 0. The summed E-state index contributed by atoms with van der Waals surface area (Å²) in [6, 6.07) is 0. The SMILES string of the molecule is C=C.CN=CC=C(C)C. The second-order valence-corrected chi connectivity index (χ2v) is 1.65. The summed E-state index contributed by atoms with van der Waals surface area (Å²) < 4.78 is 0. The quantitative estimate of drug-likeness (QED) is 0.377. The summed E-state index contributed by atoms with van der Waals surface area (Å²) in [5.74, 6) is 0. The molecule has 0 rings (SSSR count). The fourth-order valence-corrected chi connectivity index (χ4v) is 0.224. The Morgan fingerprint density at radius 3 is 1.89 bits per heavy atom. The molecule has 0 atom stereocenters. The van der Waals surface area contributed by atoms with E-state index in [2.05, 4.69) is 18.2 Å². The third-order valence-corrected chi connectivity index (χ3v) is 0.557. The van der Waals surface area contributed by atoms with Crippen molar-refractivity contribution in [2.45, 2.75) is 13.8 Å². The van der Waals surface area contributed by atoms with E-state index in [0.29, 0.717) is 0 Å². The van der Waals surface area contributed by atoms with E-state index in [1.165, 1.54) is 5.57 Å². The molecule has 0 spiro atoms. The molecule has 0 N–H and O–H groups in total. The molecular weight excluding hydrogens is 110 g/mol. The van der Waals surface area contributed by atoms with Crippen LogP contribution < -0.4 is 0 Å². The molecule has 0 aromatic carbocycles. The fraction of sp³-hybridized carbons (Fsp3) is 0.375. The zero-order chi connectivity index (χ0) is 7.70. The van der Waals surface area contributed by atoms with Gasteiger partial charge in [-0.15, -0.1) is 13.2 Å². The molecule has 0 unspecified atom stereocenters. The Morgan fingerprint density at radius 1 is 1.33 bits per heavy atom. The van der Waals surface area contributed by atoms with Crippen molar-refractivity contribution < 1.29 is 0 Å². The minimum Gasteiger partial charge on any atom is -0.297 e. The monoisotopic (exact) mass is 125 g/mol. The van der Waals surface area contributed by atoms with Gasteiger partial charge in [-0.1, -0.05) is 5.57 Å². The molecule has 1 heteroatoms. The van der Waals surface area contributed by atoms with Gasteiger partial charge in [-0.25, -0.2) is 0 Å². The van der Waals surface area contributed by atoms with Crippen LogP contribution in [0.2, 0.25) is 0 Å². The lowest BCUT2D eigenvalue weighted by Crippen LogP contribution is -1.65. The van der Waals surface area contributed by atoms with Crippen molar-refractivity contribution >= 4 is 6.21 Å². The number of allylic oxidation sites excluding steroid dienone is 2. The van der Waals surface area contributed by atoms with E-state index < -0.39 is 0 Å². The highest BCUT2D eigenvalue weighted by molar-refractivity contribution is 5.71. The second kappa shape index (κ2) is 10.2. The first-order chi connectivity index (χ1) is 4.27. The maximum atomic E-state index is 3.77. The summed E-state index contributed by atoms with van der Waals surface area (Å²) >= 11 is 0. The van der Waals surface area contributed by atoms with E-state index in [4.69, 9.17) is 0 Å². The normalized spacial score (nSPS) is 7.89. The Labute approximate surface area is 57.8 Å². The van der Waals surface area contributed by atoms with Gasteiger partial charge in [0.1, 0.15) is 0 Å². The van der Waals surface area contributed by atoms with Crippen LogP contribution in [0.5, 0.6) is 0 Å². The topological polar surface area (TPSA) is 12.4 Å². The fourth-order valence-electron chi connectivity index (χ4n) is 0.224. The molecule has 0 radical (unpaired) electrons. The molecule has 0 bridgehead atoms. The first-order valence-corrected chi connectivity index (χ1v) is 2.83. The smallest absolute Gasteiger partial charge is 0.0277 e. The third-order valence-electron chi connectivity index (χ3n) is 0.557. The van der Waals surface area contributed by atoms with E-state index in [1.54, 1.807) is 13.3 Å². The standard InChI is InChI=1S/C6H11N.C2H4/c1-6(2)4-5-7-3;1-2/h4-5H,1-3H3;1-2H2. The van der Waals surface area contributed by atoms with Gasteiger partial charge in [0.25, 0.3) is 0 Å². The Kier molecular flexibility index (Phi) is 12.5. The predicted molar refractivity (Wildman–Crippen MR) is 45.1 cm³/mol. The van der Waals surface area contributed by atoms with E-state index >= 15 is 0 Å². The van der Waals surface area contributed by atoms with Crippen molar-refractivity contribution in [3.05, 3.63) is 24.8 Å². The van der Waals surface area contributed by atoms with Crippen LogP contribution >= 0.6 is 0 Å². The van der Waals surface area contributed by atoms with Gasteiger partial charge < -0.3 is 0 Å². The van der Waals surface area contributed by atoms with Crippen LogP contribution in [0.1, 0.15) is 13.8 Å². The average molecular weight is 125 g/mol. The third kappa shape index (κ3) is 19.1. The lowest BCUT2D eigenvalue weighted by Gasteiger charge is -1.77. The van der Waals surface area contributed by atoms with Crippen LogP contribution in [0.25, 0.3) is 0 Å². The maximum Gasteiger partial charge on any atom is 0.0277 e. The zero-order valence-corrected chi connectivity index (χ0v) is 6.52. The number of hydrogen-bond acceptors (Lipinski definition) is 1. The summed E-state index contributed by atoms with van der Waals surface area (Å²) in [5, 5.41) is 0. The number of aliphatic imine (C=N–C) groups is 1. The predicted octanol–water partition coefficient (Wildman–Crippen LogP) is 2.46. The highest BCUT2D eigenvalue weighted by atomic mass is 14.6. The van der Waals surface area contributed by atoms with Gasteiger partial charge >= 0.3 is 0 Å². The maximum absolute atomic E-state index is 3.77. The van der Waals surface area contributed by atoms with E-state index in [9.17, 15) is 0 Å². The number of hydrogen-bond donors (Lipinski definition) is 0. The number of nitrogens with zero attached hydrogens (tertiary/aromatic N) is 1. The van der Waals surface area contributed by atoms with Crippen molar-refractivity contribution in [1.82, 2.24) is 0 Å².